The van der Waals surface area contributed by atoms with Crippen LogP contribution in [0, 0.1) is 13.8 Å². The van der Waals surface area contributed by atoms with Crippen molar-refractivity contribution in [3.8, 4) is 16.9 Å². The van der Waals surface area contributed by atoms with Gasteiger partial charge in [0.15, 0.2) is 5.75 Å². The molecule has 10 nitrogen and oxygen atoms in total. The van der Waals surface area contributed by atoms with Gasteiger partial charge in [-0.05, 0) is 51.0 Å². The first-order valence-corrected chi connectivity index (χ1v) is 11.5. The zero-order chi connectivity index (χ0) is 24.7. The lowest BCUT2D eigenvalue weighted by Gasteiger charge is -2.26. The molecule has 0 fully saturated rings. The number of hydrazine groups is 1. The van der Waals surface area contributed by atoms with E-state index in [0.29, 0.717) is 43.2 Å². The highest BCUT2D eigenvalue weighted by atomic mass is 16.5. The number of rotatable bonds is 7. The molecule has 4 heterocycles. The minimum Gasteiger partial charge on any atom is -0.488 e. The summed E-state index contributed by atoms with van der Waals surface area (Å²) >= 11 is 0. The predicted molar refractivity (Wildman–Crippen MR) is 132 cm³/mol. The number of aromatic nitrogens is 4. The van der Waals surface area contributed by atoms with Crippen LogP contribution >= 0.6 is 0 Å². The van der Waals surface area contributed by atoms with E-state index in [1.165, 1.54) is 5.01 Å². The molecule has 1 unspecified atom stereocenters. The molecule has 0 saturated heterocycles. The van der Waals surface area contributed by atoms with Crippen molar-refractivity contribution in [3.05, 3.63) is 76.1 Å². The lowest BCUT2D eigenvalue weighted by Crippen LogP contribution is -2.33. The van der Waals surface area contributed by atoms with Gasteiger partial charge in [0.05, 0.1) is 22.5 Å². The van der Waals surface area contributed by atoms with E-state index in [0.717, 1.165) is 33.5 Å². The number of pyridine rings is 1. The maximum Gasteiger partial charge on any atom is 0.329 e. The topological polar surface area (TPSA) is 130 Å². The summed E-state index contributed by atoms with van der Waals surface area (Å²) in [6.07, 6.45) is 4.71. The average Bonchev–Trinajstić information content (AvgIpc) is 3.32. The van der Waals surface area contributed by atoms with Crippen molar-refractivity contribution in [2.24, 2.45) is 11.6 Å². The van der Waals surface area contributed by atoms with E-state index in [1.54, 1.807) is 24.0 Å². The monoisotopic (exact) mass is 475 g/mol. The second-order valence-corrected chi connectivity index (χ2v) is 8.87. The van der Waals surface area contributed by atoms with Crippen LogP contribution < -0.4 is 22.0 Å². The van der Waals surface area contributed by atoms with Gasteiger partial charge in [0.25, 0.3) is 0 Å². The van der Waals surface area contributed by atoms with Crippen LogP contribution in [0.25, 0.3) is 22.2 Å². The van der Waals surface area contributed by atoms with Gasteiger partial charge in [0.1, 0.15) is 23.9 Å². The summed E-state index contributed by atoms with van der Waals surface area (Å²) in [5, 5.41) is 5.53. The van der Waals surface area contributed by atoms with Crippen molar-refractivity contribution in [3.63, 3.8) is 0 Å². The Morgan fingerprint density at radius 1 is 1.29 bits per heavy atom. The number of ether oxygens (including phenoxy) is 1. The first kappa shape index (κ1) is 22.7. The Hall–Kier alpha value is -4.05. The van der Waals surface area contributed by atoms with Crippen molar-refractivity contribution in [1.82, 2.24) is 24.3 Å². The van der Waals surface area contributed by atoms with Gasteiger partial charge in [-0.3, -0.25) is 14.1 Å². The van der Waals surface area contributed by atoms with Crippen molar-refractivity contribution < 1.29 is 9.26 Å². The molecule has 10 heteroatoms. The molecule has 4 aromatic rings. The molecule has 0 saturated carbocycles. The summed E-state index contributed by atoms with van der Waals surface area (Å²) in [4.78, 5) is 18.3. The van der Waals surface area contributed by atoms with Crippen LogP contribution in [0.4, 0.5) is 0 Å². The number of allylic oxidation sites excluding steroid dienone is 1. The lowest BCUT2D eigenvalue weighted by atomic mass is 10.0. The van der Waals surface area contributed by atoms with Crippen LogP contribution in [-0.2, 0) is 6.54 Å². The number of imidazole rings is 1. The molecule has 0 aliphatic carbocycles. The van der Waals surface area contributed by atoms with Gasteiger partial charge in [0.2, 0.25) is 0 Å². The molecule has 0 radical (unpaired) electrons. The number of nitrogens with two attached hydrogens (primary N) is 2. The highest BCUT2D eigenvalue weighted by Gasteiger charge is 2.32. The van der Waals surface area contributed by atoms with Crippen molar-refractivity contribution >= 4 is 11.0 Å². The van der Waals surface area contributed by atoms with E-state index in [1.807, 2.05) is 48.7 Å². The average molecular weight is 476 g/mol. The first-order valence-electron chi connectivity index (χ1n) is 11.5. The lowest BCUT2D eigenvalue weighted by molar-refractivity contribution is 0.254. The summed E-state index contributed by atoms with van der Waals surface area (Å²) < 4.78 is 15.4. The Labute approximate surface area is 202 Å². The van der Waals surface area contributed by atoms with E-state index in [9.17, 15) is 4.79 Å². The highest BCUT2D eigenvalue weighted by Crippen LogP contribution is 2.43. The first-order chi connectivity index (χ1) is 16.9. The number of hydrogen-bond donors (Lipinski definition) is 2. The smallest absolute Gasteiger partial charge is 0.329 e. The normalized spacial score (nSPS) is 15.4. The van der Waals surface area contributed by atoms with Gasteiger partial charge < -0.3 is 20.0 Å². The maximum absolute atomic E-state index is 13.8. The third-order valence-corrected chi connectivity index (χ3v) is 6.32. The van der Waals surface area contributed by atoms with Gasteiger partial charge in [-0.15, -0.1) is 0 Å². The van der Waals surface area contributed by atoms with Crippen LogP contribution in [0.2, 0.25) is 0 Å². The molecule has 1 aliphatic rings. The minimum atomic E-state index is -0.337. The van der Waals surface area contributed by atoms with E-state index < -0.39 is 0 Å². The number of nitrogens with zero attached hydrogens (tertiary/aromatic N) is 5. The van der Waals surface area contributed by atoms with E-state index >= 15 is 0 Å². The van der Waals surface area contributed by atoms with Gasteiger partial charge >= 0.3 is 5.69 Å². The quantitative estimate of drug-likeness (QED) is 0.308. The summed E-state index contributed by atoms with van der Waals surface area (Å²) in [6.45, 7) is 4.57. The number of aryl methyl sites for hydroxylation is 3. The molecule has 3 aromatic heterocycles. The summed E-state index contributed by atoms with van der Waals surface area (Å²) in [7, 11) is 1.72. The van der Waals surface area contributed by atoms with Gasteiger partial charge in [-0.25, -0.2) is 10.6 Å². The molecular weight excluding hydrogens is 446 g/mol. The Morgan fingerprint density at radius 2 is 2.11 bits per heavy atom. The van der Waals surface area contributed by atoms with Gasteiger partial charge in [0, 0.05) is 37.2 Å². The van der Waals surface area contributed by atoms with Gasteiger partial charge in [-0.2, -0.15) is 0 Å². The molecular formula is C25H29N7O3. The summed E-state index contributed by atoms with van der Waals surface area (Å²) in [6, 6.07) is 9.30. The minimum absolute atomic E-state index is 0.102. The van der Waals surface area contributed by atoms with Crippen LogP contribution in [-0.4, -0.2) is 37.9 Å². The fourth-order valence-corrected chi connectivity index (χ4v) is 4.85. The standard InChI is InChI=1S/C25H29N7O3/c1-15-22(16(2)35-29-15)18-9-10-20-23-24(18)34-14-21(19-8-4-5-11-28-19)32(23)25(33)31(20)12-6-7-17(26)13-30(3)27/h4-5,8-11,13,21H,6-7,12,14,26-27H2,1-3H3/b17-13-. The third-order valence-electron chi connectivity index (χ3n) is 6.32. The van der Waals surface area contributed by atoms with Crippen molar-refractivity contribution in [2.75, 3.05) is 13.7 Å². The second kappa shape index (κ2) is 8.95. The van der Waals surface area contributed by atoms with E-state index in [4.69, 9.17) is 20.8 Å². The molecule has 1 aliphatic heterocycles. The Balaban J connectivity index is 1.66. The van der Waals surface area contributed by atoms with E-state index in [2.05, 4.69) is 10.1 Å². The second-order valence-electron chi connectivity index (χ2n) is 8.87. The maximum atomic E-state index is 13.8. The molecule has 0 spiro atoms. The Kier molecular flexibility index (Phi) is 5.81. The van der Waals surface area contributed by atoms with Crippen LogP contribution in [0.15, 0.2) is 57.7 Å². The van der Waals surface area contributed by atoms with Gasteiger partial charge in [-0.1, -0.05) is 11.2 Å². The highest BCUT2D eigenvalue weighted by molar-refractivity contribution is 5.92. The largest absolute Gasteiger partial charge is 0.488 e. The molecule has 35 heavy (non-hydrogen) atoms. The Bertz CT molecular complexity index is 1440. The van der Waals surface area contributed by atoms with Crippen LogP contribution in [0.5, 0.6) is 5.75 Å². The SMILES string of the molecule is Cc1noc(C)c1-c1ccc2c3c1OCC(c1ccccn1)n3c(=O)n2CCC/C(N)=C/N(C)N. The molecule has 1 aromatic carbocycles. The molecule has 0 amide bonds. The number of benzene rings is 1. The zero-order valence-electron chi connectivity index (χ0n) is 20.1. The fourth-order valence-electron chi connectivity index (χ4n) is 4.85. The fraction of sp³-hybridized carbons (Fsp3) is 0.320. The summed E-state index contributed by atoms with van der Waals surface area (Å²) in [5.74, 6) is 7.01. The molecule has 0 bridgehead atoms. The van der Waals surface area contributed by atoms with Crippen molar-refractivity contribution in [1.29, 1.82) is 0 Å². The predicted octanol–water partition coefficient (Wildman–Crippen LogP) is 2.84. The third kappa shape index (κ3) is 3.95. The summed E-state index contributed by atoms with van der Waals surface area (Å²) in [5.41, 5.74) is 11.5. The molecule has 1 atom stereocenters. The molecule has 182 valence electrons. The van der Waals surface area contributed by atoms with Crippen LogP contribution in [0.1, 0.15) is 36.0 Å². The molecule has 4 N–H and O–H groups in total. The van der Waals surface area contributed by atoms with E-state index in [-0.39, 0.29) is 11.7 Å². The number of hydrogen-bond acceptors (Lipinski definition) is 8. The van der Waals surface area contributed by atoms with Crippen LogP contribution in [0.3, 0.4) is 0 Å². The Morgan fingerprint density at radius 3 is 2.80 bits per heavy atom. The zero-order valence-corrected chi connectivity index (χ0v) is 20.1. The molecule has 5 rings (SSSR count). The van der Waals surface area contributed by atoms with Crippen molar-refractivity contribution in [2.45, 2.75) is 39.3 Å².